The smallest absolute Gasteiger partial charge is 0.132 e. The fourth-order valence-electron chi connectivity index (χ4n) is 4.24. The van der Waals surface area contributed by atoms with Crippen LogP contribution in [0.1, 0.15) is 101 Å². The number of hydrogen-bond acceptors (Lipinski definition) is 3. The average Bonchev–Trinajstić information content (AvgIpc) is 2.77. The monoisotopic (exact) mass is 476 g/mol. The number of benzene rings is 2. The molecule has 2 rings (SSSR count). The van der Waals surface area contributed by atoms with E-state index in [0.717, 1.165) is 17.3 Å². The van der Waals surface area contributed by atoms with E-state index < -0.39 is 0 Å². The van der Waals surface area contributed by atoms with Crippen molar-refractivity contribution >= 4 is 17.2 Å². The van der Waals surface area contributed by atoms with Crippen LogP contribution in [0.4, 0.5) is 11.4 Å². The molecule has 0 saturated heterocycles. The summed E-state index contributed by atoms with van der Waals surface area (Å²) in [4.78, 5) is 9.52. The van der Waals surface area contributed by atoms with Gasteiger partial charge in [-0.3, -0.25) is 0 Å². The zero-order valence-electron chi connectivity index (χ0n) is 24.2. The summed E-state index contributed by atoms with van der Waals surface area (Å²) in [6.45, 7) is 18.0. The lowest BCUT2D eigenvalue weighted by atomic mass is 9.92. The molecule has 0 radical (unpaired) electrons. The van der Waals surface area contributed by atoms with Crippen molar-refractivity contribution in [3.8, 4) is 0 Å². The standard InChI is InChI=1S/C31H48N4/c1-20(2)24-15-13-16-25(21(3)4)30(24)32-28(34(9)10)19-29(35(11)12)33-31-26(22(5)6)17-14-18-27(31)23(7)8/h13-23,32H,1-12H3/b28-19+,33-29?. The van der Waals surface area contributed by atoms with Gasteiger partial charge in [0.1, 0.15) is 11.7 Å². The number of para-hydroxylation sites is 2. The lowest BCUT2D eigenvalue weighted by Crippen LogP contribution is -2.26. The van der Waals surface area contributed by atoms with E-state index in [2.05, 4.69) is 141 Å². The van der Waals surface area contributed by atoms with Crippen molar-refractivity contribution < 1.29 is 0 Å². The molecule has 0 saturated carbocycles. The van der Waals surface area contributed by atoms with Gasteiger partial charge in [-0.15, -0.1) is 0 Å². The maximum absolute atomic E-state index is 5.28. The summed E-state index contributed by atoms with van der Waals surface area (Å²) < 4.78 is 0. The highest BCUT2D eigenvalue weighted by atomic mass is 15.2. The fourth-order valence-corrected chi connectivity index (χ4v) is 4.24. The van der Waals surface area contributed by atoms with Crippen molar-refractivity contribution in [2.45, 2.75) is 79.1 Å². The maximum Gasteiger partial charge on any atom is 0.132 e. The number of nitrogens with zero attached hydrogens (tertiary/aromatic N) is 3. The lowest BCUT2D eigenvalue weighted by Gasteiger charge is -2.26. The molecular weight excluding hydrogens is 428 g/mol. The molecule has 192 valence electrons. The van der Waals surface area contributed by atoms with Crippen molar-refractivity contribution in [2.75, 3.05) is 33.5 Å². The number of likely N-dealkylation sites (N-methyl/N-ethyl adjacent to an activating group) is 1. The molecule has 0 atom stereocenters. The van der Waals surface area contributed by atoms with E-state index in [0.29, 0.717) is 23.7 Å². The summed E-state index contributed by atoms with van der Waals surface area (Å²) in [6, 6.07) is 13.2. The molecule has 2 aromatic rings. The molecule has 0 spiro atoms. The SMILES string of the molecule is CC(C)c1cccc(C(C)C)c1N=C(/C=C(\Nc1c(C(C)C)cccc1C(C)C)N(C)C)N(C)C. The molecule has 0 bridgehead atoms. The third-order valence-corrected chi connectivity index (χ3v) is 6.40. The highest BCUT2D eigenvalue weighted by Gasteiger charge is 2.18. The van der Waals surface area contributed by atoms with Crippen molar-refractivity contribution in [2.24, 2.45) is 4.99 Å². The van der Waals surface area contributed by atoms with Crippen LogP contribution in [-0.2, 0) is 0 Å². The van der Waals surface area contributed by atoms with E-state index in [-0.39, 0.29) is 0 Å². The molecule has 0 aliphatic carbocycles. The summed E-state index contributed by atoms with van der Waals surface area (Å²) in [5.41, 5.74) is 7.55. The van der Waals surface area contributed by atoms with Crippen LogP contribution in [0.2, 0.25) is 0 Å². The molecule has 0 unspecified atom stereocenters. The van der Waals surface area contributed by atoms with E-state index in [1.54, 1.807) is 0 Å². The van der Waals surface area contributed by atoms with Crippen LogP contribution < -0.4 is 5.32 Å². The van der Waals surface area contributed by atoms with Gasteiger partial charge in [-0.1, -0.05) is 91.8 Å². The topological polar surface area (TPSA) is 30.9 Å². The van der Waals surface area contributed by atoms with Crippen LogP contribution in [-0.4, -0.2) is 43.8 Å². The molecule has 0 heterocycles. The first-order chi connectivity index (χ1) is 16.3. The van der Waals surface area contributed by atoms with Crippen molar-refractivity contribution in [1.82, 2.24) is 9.80 Å². The Bertz CT molecular complexity index is 987. The average molecular weight is 477 g/mol. The number of aliphatic imine (C=N–C) groups is 1. The second-order valence-electron chi connectivity index (χ2n) is 11.1. The molecule has 0 aliphatic heterocycles. The van der Waals surface area contributed by atoms with E-state index in [1.807, 2.05) is 0 Å². The zero-order valence-corrected chi connectivity index (χ0v) is 24.2. The van der Waals surface area contributed by atoms with E-state index in [9.17, 15) is 0 Å². The van der Waals surface area contributed by atoms with Gasteiger partial charge in [0, 0.05) is 40.0 Å². The van der Waals surface area contributed by atoms with Crippen LogP contribution >= 0.6 is 0 Å². The molecule has 2 aromatic carbocycles. The normalized spacial score (nSPS) is 12.8. The summed E-state index contributed by atoms with van der Waals surface area (Å²) in [5, 5.41) is 3.80. The van der Waals surface area contributed by atoms with Gasteiger partial charge in [0.05, 0.1) is 5.69 Å². The van der Waals surface area contributed by atoms with Gasteiger partial charge >= 0.3 is 0 Å². The highest BCUT2D eigenvalue weighted by Crippen LogP contribution is 2.36. The minimum absolute atomic E-state index is 0.401. The third-order valence-electron chi connectivity index (χ3n) is 6.40. The Balaban J connectivity index is 2.72. The Morgan fingerprint density at radius 2 is 1.06 bits per heavy atom. The maximum atomic E-state index is 5.28. The first-order valence-electron chi connectivity index (χ1n) is 13.0. The number of anilines is 1. The third kappa shape index (κ3) is 7.13. The van der Waals surface area contributed by atoms with Crippen LogP contribution in [0.25, 0.3) is 0 Å². The van der Waals surface area contributed by atoms with Crippen molar-refractivity contribution in [1.29, 1.82) is 0 Å². The van der Waals surface area contributed by atoms with E-state index >= 15 is 0 Å². The Kier molecular flexibility index (Phi) is 10.00. The van der Waals surface area contributed by atoms with Crippen LogP contribution in [0.3, 0.4) is 0 Å². The van der Waals surface area contributed by atoms with Crippen molar-refractivity contribution in [3.05, 3.63) is 70.5 Å². The van der Waals surface area contributed by atoms with Gasteiger partial charge in [0.25, 0.3) is 0 Å². The Labute approximate surface area is 215 Å². The summed E-state index contributed by atoms with van der Waals surface area (Å²) in [5.74, 6) is 3.58. The molecule has 1 N–H and O–H groups in total. The lowest BCUT2D eigenvalue weighted by molar-refractivity contribution is 0.516. The number of hydrogen-bond donors (Lipinski definition) is 1. The molecule has 4 nitrogen and oxygen atoms in total. The fraction of sp³-hybridized carbons (Fsp3) is 0.516. The molecular formula is C31H48N4. The van der Waals surface area contributed by atoms with Gasteiger partial charge in [0.15, 0.2) is 0 Å². The molecule has 0 fully saturated rings. The van der Waals surface area contributed by atoms with Crippen LogP contribution in [0.5, 0.6) is 0 Å². The van der Waals surface area contributed by atoms with Crippen LogP contribution in [0.15, 0.2) is 53.3 Å². The van der Waals surface area contributed by atoms with Crippen LogP contribution in [0, 0.1) is 0 Å². The van der Waals surface area contributed by atoms with Gasteiger partial charge < -0.3 is 15.1 Å². The van der Waals surface area contributed by atoms with Gasteiger partial charge in [-0.25, -0.2) is 4.99 Å². The van der Waals surface area contributed by atoms with E-state index in [1.165, 1.54) is 27.9 Å². The number of amidine groups is 1. The predicted octanol–water partition coefficient (Wildman–Crippen LogP) is 8.29. The second-order valence-corrected chi connectivity index (χ2v) is 11.1. The van der Waals surface area contributed by atoms with Gasteiger partial charge in [0.2, 0.25) is 0 Å². The number of nitrogens with one attached hydrogen (secondary N) is 1. The largest absolute Gasteiger partial charge is 0.364 e. The minimum Gasteiger partial charge on any atom is -0.364 e. The molecule has 35 heavy (non-hydrogen) atoms. The number of rotatable bonds is 9. The molecule has 4 heteroatoms. The zero-order chi connectivity index (χ0) is 26.4. The summed E-state index contributed by atoms with van der Waals surface area (Å²) in [6.07, 6.45) is 2.17. The summed E-state index contributed by atoms with van der Waals surface area (Å²) >= 11 is 0. The first kappa shape index (κ1) is 28.5. The Hall–Kier alpha value is -2.75. The quantitative estimate of drug-likeness (QED) is 0.292. The highest BCUT2D eigenvalue weighted by molar-refractivity contribution is 5.96. The summed E-state index contributed by atoms with van der Waals surface area (Å²) in [7, 11) is 8.30. The second kappa shape index (κ2) is 12.3. The minimum atomic E-state index is 0.401. The van der Waals surface area contributed by atoms with E-state index in [4.69, 9.17) is 4.99 Å². The van der Waals surface area contributed by atoms with Gasteiger partial charge in [-0.05, 0) is 45.9 Å². The predicted molar refractivity (Wildman–Crippen MR) is 155 cm³/mol. The van der Waals surface area contributed by atoms with Gasteiger partial charge in [-0.2, -0.15) is 0 Å². The molecule has 0 aromatic heterocycles. The van der Waals surface area contributed by atoms with Crippen molar-refractivity contribution in [3.63, 3.8) is 0 Å². The Morgan fingerprint density at radius 1 is 0.657 bits per heavy atom. The Morgan fingerprint density at radius 3 is 1.40 bits per heavy atom. The first-order valence-corrected chi connectivity index (χ1v) is 13.0. The molecule has 0 aliphatic rings. The molecule has 0 amide bonds.